The zero-order valence-electron chi connectivity index (χ0n) is 34.5. The Hall–Kier alpha value is -6.16. The zero-order chi connectivity index (χ0) is 41.4. The molecule has 0 aliphatic carbocycles. The topological polar surface area (TPSA) is 180 Å². The maximum atomic E-state index is 12.9. The second-order valence-electron chi connectivity index (χ2n) is 16.9. The first-order valence-corrected chi connectivity index (χ1v) is 20.4. The number of nitrogens with zero attached hydrogens (tertiary/aromatic N) is 9. The summed E-state index contributed by atoms with van der Waals surface area (Å²) < 4.78 is 7.33. The standard InChI is InChI=1S/C43H52N12O4/c1-26-21-30(7-12-33(26)27(2)46-39(57)40-49-41(51-59-40)43(4,5)6)34-22-36(45-25-44-34)47-37-23-35-28(3)53(19-20-55(35)50-37)24-29-13-16-52(17-14-29)31-8-10-32(11-9-31)54-18-15-38(56)48-42(54)58/h7-12,21-23,25,27-29H,13-20,24H2,1-6H3,(H,46,57)(H,48,56,58)(H,44,45,47,50)/t27-,28?/m1/s1. The van der Waals surface area contributed by atoms with Crippen LogP contribution in [0.25, 0.3) is 11.3 Å². The third-order valence-corrected chi connectivity index (χ3v) is 11.7. The molecular weight excluding hydrogens is 749 g/mol. The fourth-order valence-electron chi connectivity index (χ4n) is 8.21. The van der Waals surface area contributed by atoms with E-state index in [0.717, 1.165) is 85.1 Å². The molecule has 0 saturated carbocycles. The number of amides is 4. The monoisotopic (exact) mass is 800 g/mol. The van der Waals surface area contributed by atoms with Crippen molar-refractivity contribution >= 4 is 40.9 Å². The lowest BCUT2D eigenvalue weighted by atomic mass is 9.94. The summed E-state index contributed by atoms with van der Waals surface area (Å²) >= 11 is 0. The molecule has 2 saturated heterocycles. The number of fused-ring (bicyclic) bond motifs is 1. The van der Waals surface area contributed by atoms with E-state index < -0.39 is 5.91 Å². The first kappa shape index (κ1) is 39.7. The smallest absolute Gasteiger partial charge is 0.328 e. The summed E-state index contributed by atoms with van der Waals surface area (Å²) in [6.07, 6.45) is 4.10. The number of aromatic nitrogens is 6. The van der Waals surface area contributed by atoms with Gasteiger partial charge < -0.3 is 20.1 Å². The molecule has 3 aromatic heterocycles. The van der Waals surface area contributed by atoms with Gasteiger partial charge in [-0.05, 0) is 81.0 Å². The van der Waals surface area contributed by atoms with Crippen molar-refractivity contribution in [2.75, 3.05) is 47.8 Å². The second kappa shape index (κ2) is 16.2. The summed E-state index contributed by atoms with van der Waals surface area (Å²) in [5.41, 5.74) is 6.50. The number of anilines is 4. The summed E-state index contributed by atoms with van der Waals surface area (Å²) in [4.78, 5) is 56.6. The number of carbonyl (C=O) groups is 3. The maximum absolute atomic E-state index is 12.9. The van der Waals surface area contributed by atoms with Crippen molar-refractivity contribution < 1.29 is 18.9 Å². The van der Waals surface area contributed by atoms with Gasteiger partial charge in [0.25, 0.3) is 0 Å². The van der Waals surface area contributed by atoms with Gasteiger partial charge in [0.05, 0.1) is 24.0 Å². The summed E-state index contributed by atoms with van der Waals surface area (Å²) in [5, 5.41) is 17.6. The molecule has 4 amide bonds. The minimum atomic E-state index is -0.413. The lowest BCUT2D eigenvalue weighted by Crippen LogP contribution is -2.49. The summed E-state index contributed by atoms with van der Waals surface area (Å²) in [6, 6.07) is 17.8. The lowest BCUT2D eigenvalue weighted by Gasteiger charge is -2.39. The number of rotatable bonds is 10. The fraction of sp³-hybridized carbons (Fsp3) is 0.442. The molecule has 0 spiro atoms. The molecule has 59 heavy (non-hydrogen) atoms. The lowest BCUT2D eigenvalue weighted by molar-refractivity contribution is -0.120. The highest BCUT2D eigenvalue weighted by molar-refractivity contribution is 6.05. The molecule has 0 radical (unpaired) electrons. The number of carbonyl (C=O) groups excluding carboxylic acids is 3. The van der Waals surface area contributed by atoms with Crippen LogP contribution in [0.1, 0.15) is 99.3 Å². The SMILES string of the molecule is Cc1cc(-c2cc(Nc3cc4n(n3)CCN(CC3CCN(c5ccc(N6CCC(=O)NC6=O)cc5)CC3)C4C)ncn2)ccc1[C@@H](C)NC(=O)c1nc(C(C)(C)C)no1. The minimum Gasteiger partial charge on any atom is -0.372 e. The molecule has 3 aliphatic rings. The molecule has 16 heteroatoms. The quantitative estimate of drug-likeness (QED) is 0.144. The highest BCUT2D eigenvalue weighted by Gasteiger charge is 2.30. The number of aryl methyl sites for hydroxylation is 1. The Kier molecular flexibility index (Phi) is 10.9. The van der Waals surface area contributed by atoms with Gasteiger partial charge in [-0.3, -0.25) is 29.4 Å². The third-order valence-electron chi connectivity index (χ3n) is 11.7. The molecule has 0 bridgehead atoms. The molecule has 3 aliphatic heterocycles. The Morgan fingerprint density at radius 3 is 2.42 bits per heavy atom. The van der Waals surface area contributed by atoms with Crippen molar-refractivity contribution in [2.45, 2.75) is 84.8 Å². The molecule has 1 unspecified atom stereocenters. The number of benzene rings is 2. The highest BCUT2D eigenvalue weighted by Crippen LogP contribution is 2.33. The number of piperidine rings is 1. The van der Waals surface area contributed by atoms with Crippen LogP contribution in [0.15, 0.2) is 65.4 Å². The van der Waals surface area contributed by atoms with Crippen LogP contribution in [0.2, 0.25) is 0 Å². The van der Waals surface area contributed by atoms with Crippen LogP contribution in [0, 0.1) is 12.8 Å². The Bertz CT molecular complexity index is 2340. The molecule has 5 aromatic rings. The van der Waals surface area contributed by atoms with E-state index in [1.807, 2.05) is 65.0 Å². The zero-order valence-corrected chi connectivity index (χ0v) is 34.5. The number of nitrogens with one attached hydrogen (secondary N) is 3. The average molecular weight is 801 g/mol. The molecule has 6 heterocycles. The number of imide groups is 1. The van der Waals surface area contributed by atoms with E-state index in [4.69, 9.17) is 9.62 Å². The Morgan fingerprint density at radius 2 is 1.71 bits per heavy atom. The van der Waals surface area contributed by atoms with Crippen LogP contribution in [0.3, 0.4) is 0 Å². The highest BCUT2D eigenvalue weighted by atomic mass is 16.5. The predicted octanol–water partition coefficient (Wildman–Crippen LogP) is 6.30. The van der Waals surface area contributed by atoms with Crippen molar-refractivity contribution in [1.82, 2.24) is 45.4 Å². The fourth-order valence-corrected chi connectivity index (χ4v) is 8.21. The van der Waals surface area contributed by atoms with Gasteiger partial charge in [-0.15, -0.1) is 0 Å². The molecule has 2 fully saturated rings. The Balaban J connectivity index is 0.843. The predicted molar refractivity (Wildman–Crippen MR) is 223 cm³/mol. The first-order chi connectivity index (χ1) is 28.3. The molecule has 308 valence electrons. The van der Waals surface area contributed by atoms with Crippen molar-refractivity contribution in [1.29, 1.82) is 0 Å². The molecule has 3 N–H and O–H groups in total. The van der Waals surface area contributed by atoms with Gasteiger partial charge in [-0.2, -0.15) is 10.1 Å². The largest absolute Gasteiger partial charge is 0.372 e. The van der Waals surface area contributed by atoms with Crippen LogP contribution < -0.4 is 25.8 Å². The second-order valence-corrected chi connectivity index (χ2v) is 16.9. The van der Waals surface area contributed by atoms with E-state index in [9.17, 15) is 14.4 Å². The minimum absolute atomic E-state index is 0.0515. The van der Waals surface area contributed by atoms with E-state index in [0.29, 0.717) is 30.5 Å². The number of urea groups is 1. The molecular formula is C43H52N12O4. The van der Waals surface area contributed by atoms with Crippen molar-refractivity contribution in [3.05, 3.63) is 89.5 Å². The van der Waals surface area contributed by atoms with Crippen molar-refractivity contribution in [2.24, 2.45) is 5.92 Å². The van der Waals surface area contributed by atoms with Gasteiger partial charge in [0.15, 0.2) is 11.6 Å². The number of hydrogen-bond acceptors (Lipinski definition) is 12. The summed E-state index contributed by atoms with van der Waals surface area (Å²) in [7, 11) is 0. The Morgan fingerprint density at radius 1 is 0.949 bits per heavy atom. The van der Waals surface area contributed by atoms with E-state index in [-0.39, 0.29) is 35.3 Å². The van der Waals surface area contributed by atoms with Gasteiger partial charge >= 0.3 is 17.8 Å². The maximum Gasteiger partial charge on any atom is 0.328 e. The summed E-state index contributed by atoms with van der Waals surface area (Å²) in [6.45, 7) is 17.3. The summed E-state index contributed by atoms with van der Waals surface area (Å²) in [5.74, 6) is 1.80. The van der Waals surface area contributed by atoms with Gasteiger partial charge in [0.2, 0.25) is 5.91 Å². The van der Waals surface area contributed by atoms with Crippen LogP contribution >= 0.6 is 0 Å². The van der Waals surface area contributed by atoms with Gasteiger partial charge in [-0.1, -0.05) is 38.1 Å². The average Bonchev–Trinajstić information content (AvgIpc) is 3.89. The first-order valence-electron chi connectivity index (χ1n) is 20.4. The number of hydrogen-bond donors (Lipinski definition) is 3. The van der Waals surface area contributed by atoms with E-state index in [2.05, 4.69) is 81.7 Å². The van der Waals surface area contributed by atoms with Crippen LogP contribution in [-0.2, 0) is 16.8 Å². The van der Waals surface area contributed by atoms with E-state index >= 15 is 0 Å². The van der Waals surface area contributed by atoms with Crippen LogP contribution in [-0.4, -0.2) is 85.4 Å². The van der Waals surface area contributed by atoms with Crippen molar-refractivity contribution in [3.8, 4) is 11.3 Å². The van der Waals surface area contributed by atoms with Crippen molar-refractivity contribution in [3.63, 3.8) is 0 Å². The van der Waals surface area contributed by atoms with E-state index in [1.165, 1.54) is 5.69 Å². The third kappa shape index (κ3) is 8.67. The molecule has 2 atom stereocenters. The normalized spacial score (nSPS) is 18.4. The van der Waals surface area contributed by atoms with Gasteiger partial charge in [0.1, 0.15) is 12.1 Å². The Labute approximate surface area is 343 Å². The molecule has 8 rings (SSSR count). The van der Waals surface area contributed by atoms with Crippen LogP contribution in [0.5, 0.6) is 0 Å². The van der Waals surface area contributed by atoms with Gasteiger partial charge in [-0.25, -0.2) is 14.8 Å². The molecule has 16 nitrogen and oxygen atoms in total. The van der Waals surface area contributed by atoms with Gasteiger partial charge in [0, 0.05) is 79.7 Å². The molecule has 2 aromatic carbocycles. The van der Waals surface area contributed by atoms with Crippen LogP contribution in [0.4, 0.5) is 27.8 Å². The van der Waals surface area contributed by atoms with E-state index in [1.54, 1.807) is 11.2 Å².